The predicted molar refractivity (Wildman–Crippen MR) is 130 cm³/mol. The highest BCUT2D eigenvalue weighted by molar-refractivity contribution is 7.08. The molecule has 162 valence electrons. The molecule has 33 heavy (non-hydrogen) atoms. The zero-order valence-corrected chi connectivity index (χ0v) is 19.0. The Morgan fingerprint density at radius 1 is 0.970 bits per heavy atom. The van der Waals surface area contributed by atoms with Gasteiger partial charge in [0.1, 0.15) is 0 Å². The van der Waals surface area contributed by atoms with E-state index in [1.165, 1.54) is 6.26 Å². The van der Waals surface area contributed by atoms with Gasteiger partial charge in [-0.25, -0.2) is 9.69 Å². The first-order chi connectivity index (χ1) is 16.3. The van der Waals surface area contributed by atoms with E-state index in [-0.39, 0.29) is 17.7 Å². The van der Waals surface area contributed by atoms with Crippen molar-refractivity contribution < 1.29 is 9.21 Å². The van der Waals surface area contributed by atoms with Gasteiger partial charge in [0.25, 0.3) is 0 Å². The van der Waals surface area contributed by atoms with Crippen molar-refractivity contribution in [2.75, 3.05) is 0 Å². The van der Waals surface area contributed by atoms with E-state index >= 15 is 0 Å². The van der Waals surface area contributed by atoms with Gasteiger partial charge in [0.15, 0.2) is 5.76 Å². The molecule has 8 heteroatoms. The van der Waals surface area contributed by atoms with Crippen molar-refractivity contribution in [3.63, 3.8) is 0 Å². The standard InChI is InChI=1S/C25H18N4O2S2/c30-25(23-7-4-10-31-23)29-22(13-21(26-29)17-8-11-32-15-17)20-14-28(19-5-2-1-3-6-19)27-24(20)18-9-12-33-16-18/h1-12,14-16,22H,13H2/t22-/m0/s1. The highest BCUT2D eigenvalue weighted by Gasteiger charge is 2.37. The summed E-state index contributed by atoms with van der Waals surface area (Å²) in [5.74, 6) is 0.00168. The van der Waals surface area contributed by atoms with Gasteiger partial charge in [-0.3, -0.25) is 4.79 Å². The van der Waals surface area contributed by atoms with Crippen molar-refractivity contribution in [1.82, 2.24) is 14.8 Å². The van der Waals surface area contributed by atoms with Crippen molar-refractivity contribution >= 4 is 34.3 Å². The van der Waals surface area contributed by atoms with Crippen LogP contribution >= 0.6 is 22.7 Å². The third kappa shape index (κ3) is 3.63. The van der Waals surface area contributed by atoms with Crippen LogP contribution in [-0.4, -0.2) is 26.4 Å². The van der Waals surface area contributed by atoms with Crippen LogP contribution in [0.15, 0.2) is 98.1 Å². The zero-order valence-electron chi connectivity index (χ0n) is 17.4. The normalized spacial score (nSPS) is 15.7. The molecule has 1 amide bonds. The van der Waals surface area contributed by atoms with E-state index in [2.05, 4.69) is 16.8 Å². The monoisotopic (exact) mass is 470 g/mol. The van der Waals surface area contributed by atoms with Gasteiger partial charge in [-0.05, 0) is 52.5 Å². The van der Waals surface area contributed by atoms with E-state index < -0.39 is 0 Å². The molecule has 0 bridgehead atoms. The van der Waals surface area contributed by atoms with Gasteiger partial charge in [0, 0.05) is 34.7 Å². The summed E-state index contributed by atoms with van der Waals surface area (Å²) < 4.78 is 7.29. The molecule has 4 aromatic heterocycles. The van der Waals surface area contributed by atoms with E-state index in [1.54, 1.807) is 39.8 Å². The summed E-state index contributed by atoms with van der Waals surface area (Å²) in [6.45, 7) is 0. The zero-order chi connectivity index (χ0) is 22.2. The first-order valence-corrected chi connectivity index (χ1v) is 12.3. The minimum atomic E-state index is -0.301. The molecule has 1 atom stereocenters. The number of carbonyl (C=O) groups excluding carboxylic acids is 1. The Bertz CT molecular complexity index is 1400. The van der Waals surface area contributed by atoms with Gasteiger partial charge in [-0.2, -0.15) is 32.9 Å². The van der Waals surface area contributed by atoms with Crippen LogP contribution in [0.1, 0.15) is 34.1 Å². The number of aromatic nitrogens is 2. The lowest BCUT2D eigenvalue weighted by atomic mass is 9.98. The van der Waals surface area contributed by atoms with Gasteiger partial charge in [0.2, 0.25) is 0 Å². The average Bonchev–Trinajstić information content (AvgIpc) is 3.69. The summed E-state index contributed by atoms with van der Waals surface area (Å²) in [5.41, 5.74) is 5.70. The SMILES string of the molecule is O=C(c1ccco1)N1N=C(c2ccsc2)C[C@H]1c1cn(-c2ccccc2)nc1-c1ccsc1. The second kappa shape index (κ2) is 8.31. The van der Waals surface area contributed by atoms with Crippen molar-refractivity contribution in [3.8, 4) is 16.9 Å². The third-order valence-corrected chi connectivity index (χ3v) is 6.99. The number of amides is 1. The first kappa shape index (κ1) is 19.9. The van der Waals surface area contributed by atoms with Crippen molar-refractivity contribution in [2.24, 2.45) is 5.10 Å². The van der Waals surface area contributed by atoms with Gasteiger partial charge in [-0.15, -0.1) is 0 Å². The Hall–Kier alpha value is -3.75. The van der Waals surface area contributed by atoms with Crippen LogP contribution in [0.2, 0.25) is 0 Å². The summed E-state index contributed by atoms with van der Waals surface area (Å²) in [7, 11) is 0. The molecular weight excluding hydrogens is 452 g/mol. The number of thiophene rings is 2. The highest BCUT2D eigenvalue weighted by Crippen LogP contribution is 2.39. The minimum Gasteiger partial charge on any atom is -0.459 e. The van der Waals surface area contributed by atoms with E-state index in [0.29, 0.717) is 6.42 Å². The van der Waals surface area contributed by atoms with Crippen LogP contribution in [0, 0.1) is 0 Å². The largest absolute Gasteiger partial charge is 0.459 e. The number of rotatable bonds is 5. The fourth-order valence-electron chi connectivity index (χ4n) is 4.02. The number of carbonyl (C=O) groups is 1. The van der Waals surface area contributed by atoms with Crippen molar-refractivity contribution in [1.29, 1.82) is 0 Å². The average molecular weight is 471 g/mol. The fraction of sp³-hybridized carbons (Fsp3) is 0.0800. The predicted octanol–water partition coefficient (Wildman–Crippen LogP) is 6.25. The van der Waals surface area contributed by atoms with Crippen molar-refractivity contribution in [2.45, 2.75) is 12.5 Å². The molecule has 5 heterocycles. The number of hydrazone groups is 1. The molecule has 6 rings (SSSR count). The summed E-state index contributed by atoms with van der Waals surface area (Å²) in [4.78, 5) is 13.4. The molecular formula is C25H18N4O2S2. The fourth-order valence-corrected chi connectivity index (χ4v) is 5.33. The Balaban J connectivity index is 1.48. The summed E-state index contributed by atoms with van der Waals surface area (Å²) in [6.07, 6.45) is 4.12. The smallest absolute Gasteiger partial charge is 0.310 e. The lowest BCUT2D eigenvalue weighted by molar-refractivity contribution is 0.0679. The van der Waals surface area contributed by atoms with Crippen molar-refractivity contribution in [3.05, 3.63) is 105 Å². The molecule has 1 aliphatic rings. The molecule has 0 saturated heterocycles. The van der Waals surface area contributed by atoms with E-state index in [0.717, 1.165) is 33.8 Å². The van der Waals surface area contributed by atoms with Gasteiger partial charge >= 0.3 is 5.91 Å². The molecule has 1 aliphatic heterocycles. The van der Waals surface area contributed by atoms with E-state index in [9.17, 15) is 4.79 Å². The number of nitrogens with zero attached hydrogens (tertiary/aromatic N) is 4. The molecule has 0 unspecified atom stereocenters. The van der Waals surface area contributed by atoms with Crippen LogP contribution < -0.4 is 0 Å². The molecule has 0 spiro atoms. The summed E-state index contributed by atoms with van der Waals surface area (Å²) >= 11 is 3.24. The maximum Gasteiger partial charge on any atom is 0.310 e. The van der Waals surface area contributed by atoms with Gasteiger partial charge in [-0.1, -0.05) is 18.2 Å². The highest BCUT2D eigenvalue weighted by atomic mass is 32.1. The molecule has 5 aromatic rings. The van der Waals surface area contributed by atoms with E-state index in [1.807, 2.05) is 58.0 Å². The Kier molecular flexibility index (Phi) is 5.01. The van der Waals surface area contributed by atoms with Crippen LogP contribution in [-0.2, 0) is 0 Å². The number of furan rings is 1. The Morgan fingerprint density at radius 3 is 2.45 bits per heavy atom. The minimum absolute atomic E-state index is 0.265. The first-order valence-electron chi connectivity index (χ1n) is 10.4. The topological polar surface area (TPSA) is 63.6 Å². The second-order valence-electron chi connectivity index (χ2n) is 7.63. The molecule has 0 fully saturated rings. The number of para-hydroxylation sites is 1. The second-order valence-corrected chi connectivity index (χ2v) is 9.19. The van der Waals surface area contributed by atoms with Crippen LogP contribution in [0.5, 0.6) is 0 Å². The lowest BCUT2D eigenvalue weighted by Gasteiger charge is -2.20. The van der Waals surface area contributed by atoms with E-state index in [4.69, 9.17) is 14.6 Å². The van der Waals surface area contributed by atoms with Crippen LogP contribution in [0.25, 0.3) is 16.9 Å². The lowest BCUT2D eigenvalue weighted by Crippen LogP contribution is -2.26. The molecule has 6 nitrogen and oxygen atoms in total. The third-order valence-electron chi connectivity index (χ3n) is 5.62. The molecule has 0 aliphatic carbocycles. The molecule has 1 aromatic carbocycles. The Labute approximate surface area is 198 Å². The maximum absolute atomic E-state index is 13.4. The summed E-state index contributed by atoms with van der Waals surface area (Å²) in [6, 6.07) is 17.2. The quantitative estimate of drug-likeness (QED) is 0.305. The molecule has 0 saturated carbocycles. The van der Waals surface area contributed by atoms with Crippen LogP contribution in [0.4, 0.5) is 0 Å². The number of benzene rings is 1. The maximum atomic E-state index is 13.4. The number of hydrogen-bond acceptors (Lipinski definition) is 6. The molecule has 0 radical (unpaired) electrons. The van der Waals surface area contributed by atoms with Gasteiger partial charge in [0.05, 0.1) is 29.4 Å². The van der Waals surface area contributed by atoms with Gasteiger partial charge < -0.3 is 4.42 Å². The Morgan fingerprint density at radius 2 is 1.76 bits per heavy atom. The van der Waals surface area contributed by atoms with Crippen LogP contribution in [0.3, 0.4) is 0 Å². The number of hydrogen-bond donors (Lipinski definition) is 0. The molecule has 0 N–H and O–H groups in total. The summed E-state index contributed by atoms with van der Waals surface area (Å²) in [5, 5.41) is 19.4.